The minimum Gasteiger partial charge on any atom is -0.481 e. The lowest BCUT2D eigenvalue weighted by Crippen LogP contribution is -2.46. The van der Waals surface area contributed by atoms with E-state index in [2.05, 4.69) is 0 Å². The van der Waals surface area contributed by atoms with Gasteiger partial charge in [0, 0.05) is 24.2 Å². The van der Waals surface area contributed by atoms with Gasteiger partial charge in [0.25, 0.3) is 5.69 Å². The van der Waals surface area contributed by atoms with Crippen LogP contribution >= 0.6 is 11.6 Å². The van der Waals surface area contributed by atoms with Gasteiger partial charge >= 0.3 is 5.97 Å². The summed E-state index contributed by atoms with van der Waals surface area (Å²) in [6, 6.07) is 4.45. The van der Waals surface area contributed by atoms with Gasteiger partial charge in [-0.25, -0.2) is 0 Å². The smallest absolute Gasteiger partial charge is 0.311 e. The highest BCUT2D eigenvalue weighted by molar-refractivity contribution is 6.30. The Kier molecular flexibility index (Phi) is 3.85. The highest BCUT2D eigenvalue weighted by Crippen LogP contribution is 2.37. The summed E-state index contributed by atoms with van der Waals surface area (Å²) in [7, 11) is 0. The number of nitro groups is 1. The van der Waals surface area contributed by atoms with E-state index in [4.69, 9.17) is 11.6 Å². The first kappa shape index (κ1) is 14.6. The Morgan fingerprint density at radius 1 is 1.55 bits per heavy atom. The number of anilines is 1. The van der Waals surface area contributed by atoms with Crippen LogP contribution in [0.15, 0.2) is 18.2 Å². The van der Waals surface area contributed by atoms with Gasteiger partial charge in [0.1, 0.15) is 5.69 Å². The molecule has 0 radical (unpaired) electrons. The lowest BCUT2D eigenvalue weighted by molar-refractivity contribution is -0.384. The summed E-state index contributed by atoms with van der Waals surface area (Å²) in [6.45, 7) is 2.53. The number of nitrogens with zero attached hydrogens (tertiary/aromatic N) is 2. The molecular weight excluding hydrogens is 284 g/mol. The number of halogens is 1. The first-order valence-electron chi connectivity index (χ1n) is 6.26. The molecule has 7 heteroatoms. The second-order valence-corrected chi connectivity index (χ2v) is 5.72. The van der Waals surface area contributed by atoms with Crippen LogP contribution in [-0.4, -0.2) is 29.1 Å². The number of rotatable bonds is 3. The minimum atomic E-state index is -0.883. The first-order valence-corrected chi connectivity index (χ1v) is 6.63. The number of benzene rings is 1. The normalized spacial score (nSPS) is 22.6. The summed E-state index contributed by atoms with van der Waals surface area (Å²) in [5, 5.41) is 20.7. The van der Waals surface area contributed by atoms with Gasteiger partial charge in [-0.05, 0) is 31.9 Å². The summed E-state index contributed by atoms with van der Waals surface area (Å²) >= 11 is 5.79. The summed E-state index contributed by atoms with van der Waals surface area (Å²) in [4.78, 5) is 23.7. The second kappa shape index (κ2) is 5.28. The van der Waals surface area contributed by atoms with E-state index in [1.807, 2.05) is 0 Å². The molecule has 0 spiro atoms. The molecule has 0 saturated carbocycles. The number of nitro benzene ring substituents is 1. The standard InChI is InChI=1S/C13H15ClN2O4/c1-13(12(17)18)5-2-6-15(8-13)10-4-3-9(14)7-11(10)16(19)20/h3-4,7H,2,5-6,8H2,1H3,(H,17,18). The van der Waals surface area contributed by atoms with Crippen LogP contribution < -0.4 is 4.90 Å². The lowest BCUT2D eigenvalue weighted by atomic mass is 9.82. The third kappa shape index (κ3) is 2.70. The zero-order valence-electron chi connectivity index (χ0n) is 11.0. The first-order chi connectivity index (χ1) is 9.33. The van der Waals surface area contributed by atoms with Crippen molar-refractivity contribution >= 4 is 28.9 Å². The summed E-state index contributed by atoms with van der Waals surface area (Å²) < 4.78 is 0. The van der Waals surface area contributed by atoms with E-state index >= 15 is 0 Å². The molecular formula is C13H15ClN2O4. The van der Waals surface area contributed by atoms with Gasteiger partial charge < -0.3 is 10.0 Å². The number of carboxylic acid groups (broad SMARTS) is 1. The summed E-state index contributed by atoms with van der Waals surface area (Å²) in [5.41, 5.74) is -0.551. The summed E-state index contributed by atoms with van der Waals surface area (Å²) in [6.07, 6.45) is 1.25. The average molecular weight is 299 g/mol. The monoisotopic (exact) mass is 298 g/mol. The van der Waals surface area contributed by atoms with Crippen LogP contribution in [0.5, 0.6) is 0 Å². The van der Waals surface area contributed by atoms with Gasteiger partial charge in [-0.15, -0.1) is 0 Å². The highest BCUT2D eigenvalue weighted by Gasteiger charge is 2.39. The van der Waals surface area contributed by atoms with E-state index in [1.165, 1.54) is 6.07 Å². The van der Waals surface area contributed by atoms with E-state index in [9.17, 15) is 20.0 Å². The zero-order valence-corrected chi connectivity index (χ0v) is 11.8. The maximum atomic E-state index is 11.3. The Balaban J connectivity index is 2.37. The Hall–Kier alpha value is -1.82. The third-order valence-electron chi connectivity index (χ3n) is 3.69. The largest absolute Gasteiger partial charge is 0.481 e. The van der Waals surface area contributed by atoms with Crippen LogP contribution in [0.4, 0.5) is 11.4 Å². The van der Waals surface area contributed by atoms with Crippen LogP contribution in [0.3, 0.4) is 0 Å². The Labute approximate surface area is 121 Å². The summed E-state index contributed by atoms with van der Waals surface area (Å²) in [5.74, 6) is -0.876. The maximum Gasteiger partial charge on any atom is 0.311 e. The topological polar surface area (TPSA) is 83.7 Å². The molecule has 108 valence electrons. The quantitative estimate of drug-likeness (QED) is 0.685. The maximum absolute atomic E-state index is 11.3. The molecule has 1 saturated heterocycles. The third-order valence-corrected chi connectivity index (χ3v) is 3.92. The van der Waals surface area contributed by atoms with Crippen molar-refractivity contribution in [2.45, 2.75) is 19.8 Å². The van der Waals surface area contributed by atoms with Gasteiger partial charge in [0.15, 0.2) is 0 Å². The molecule has 1 atom stereocenters. The van der Waals surface area contributed by atoms with Crippen LogP contribution in [0.2, 0.25) is 5.02 Å². The van der Waals surface area contributed by atoms with Gasteiger partial charge in [0.2, 0.25) is 0 Å². The fourth-order valence-corrected chi connectivity index (χ4v) is 2.70. The predicted molar refractivity (Wildman–Crippen MR) is 75.3 cm³/mol. The van der Waals surface area contributed by atoms with Gasteiger partial charge in [-0.1, -0.05) is 11.6 Å². The molecule has 1 aliphatic heterocycles. The fraction of sp³-hybridized carbons (Fsp3) is 0.462. The molecule has 0 bridgehead atoms. The van der Waals surface area contributed by atoms with Gasteiger partial charge in [0.05, 0.1) is 10.3 Å². The molecule has 0 aromatic heterocycles. The lowest BCUT2D eigenvalue weighted by Gasteiger charge is -2.38. The van der Waals surface area contributed by atoms with E-state index in [0.29, 0.717) is 30.1 Å². The predicted octanol–water partition coefficient (Wildman–Crippen LogP) is 2.94. The zero-order chi connectivity index (χ0) is 14.9. The molecule has 1 unspecified atom stereocenters. The molecule has 0 aliphatic carbocycles. The van der Waals surface area contributed by atoms with Gasteiger partial charge in [-0.2, -0.15) is 0 Å². The SMILES string of the molecule is CC1(C(=O)O)CCCN(c2ccc(Cl)cc2[N+](=O)[O-])C1. The molecule has 1 aromatic carbocycles. The molecule has 1 aliphatic rings. The Morgan fingerprint density at radius 2 is 2.25 bits per heavy atom. The number of piperidine rings is 1. The van der Waals surface area contributed by atoms with Crippen LogP contribution in [0.25, 0.3) is 0 Å². The minimum absolute atomic E-state index is 0.0906. The molecule has 6 nitrogen and oxygen atoms in total. The molecule has 2 rings (SSSR count). The molecule has 1 N–H and O–H groups in total. The van der Waals surface area contributed by atoms with E-state index < -0.39 is 16.3 Å². The Morgan fingerprint density at radius 3 is 2.85 bits per heavy atom. The van der Waals surface area contributed by atoms with Crippen LogP contribution in [-0.2, 0) is 4.79 Å². The molecule has 0 amide bonds. The number of hydrogen-bond donors (Lipinski definition) is 1. The second-order valence-electron chi connectivity index (χ2n) is 5.28. The van der Waals surface area contributed by atoms with E-state index in [0.717, 1.165) is 0 Å². The average Bonchev–Trinajstić information content (AvgIpc) is 2.38. The number of carbonyl (C=O) groups is 1. The number of carboxylic acids is 1. The number of aliphatic carboxylic acids is 1. The van der Waals surface area contributed by atoms with Crippen LogP contribution in [0.1, 0.15) is 19.8 Å². The van der Waals surface area contributed by atoms with Crippen molar-refractivity contribution < 1.29 is 14.8 Å². The molecule has 1 heterocycles. The number of hydrogen-bond acceptors (Lipinski definition) is 4. The van der Waals surface area contributed by atoms with Gasteiger partial charge in [-0.3, -0.25) is 14.9 Å². The van der Waals surface area contributed by atoms with Crippen molar-refractivity contribution in [1.82, 2.24) is 0 Å². The van der Waals surface area contributed by atoms with E-state index in [-0.39, 0.29) is 12.2 Å². The fourth-order valence-electron chi connectivity index (χ4n) is 2.53. The molecule has 1 fully saturated rings. The van der Waals surface area contributed by atoms with Crippen LogP contribution in [0, 0.1) is 15.5 Å². The van der Waals surface area contributed by atoms with Crippen molar-refractivity contribution in [2.24, 2.45) is 5.41 Å². The molecule has 20 heavy (non-hydrogen) atoms. The molecule has 1 aromatic rings. The Bertz CT molecular complexity index is 563. The van der Waals surface area contributed by atoms with Crippen molar-refractivity contribution in [2.75, 3.05) is 18.0 Å². The van der Waals surface area contributed by atoms with Crippen molar-refractivity contribution in [1.29, 1.82) is 0 Å². The highest BCUT2D eigenvalue weighted by atomic mass is 35.5. The van der Waals surface area contributed by atoms with Crippen molar-refractivity contribution in [3.63, 3.8) is 0 Å². The van der Waals surface area contributed by atoms with E-state index in [1.54, 1.807) is 24.0 Å². The van der Waals surface area contributed by atoms with Crippen molar-refractivity contribution in [3.05, 3.63) is 33.3 Å². The van der Waals surface area contributed by atoms with Crippen molar-refractivity contribution in [3.8, 4) is 0 Å².